The first-order chi connectivity index (χ1) is 14.2. The Hall–Kier alpha value is -2.04. The van der Waals surface area contributed by atoms with Gasteiger partial charge in [0.15, 0.2) is 5.96 Å². The third kappa shape index (κ3) is 9.75. The zero-order valence-corrected chi connectivity index (χ0v) is 21.5. The number of carbonyl (C=O) groups is 2. The number of nitrogens with zero attached hydrogens (tertiary/aromatic N) is 2. The summed E-state index contributed by atoms with van der Waals surface area (Å²) in [5.41, 5.74) is 1.43. The number of anilines is 1. The third-order valence-electron chi connectivity index (χ3n) is 4.53. The fourth-order valence-electron chi connectivity index (χ4n) is 3.19. The number of aliphatic imine (C=N–C) groups is 1. The van der Waals surface area contributed by atoms with Crippen molar-refractivity contribution >= 4 is 47.6 Å². The molecule has 1 fully saturated rings. The Balaban J connectivity index is 0.00000480. The van der Waals surface area contributed by atoms with Crippen molar-refractivity contribution in [2.24, 2.45) is 4.99 Å². The molecule has 1 saturated heterocycles. The molecule has 0 aromatic heterocycles. The SMILES string of the molecule is CCNC(=NCC(=O)Nc1cccc(CC)c1)N1CCC(NC(=O)OC(C)(C)C)C1.I. The minimum Gasteiger partial charge on any atom is -0.444 e. The Labute approximate surface area is 202 Å². The van der Waals surface area contributed by atoms with Gasteiger partial charge in [-0.2, -0.15) is 0 Å². The van der Waals surface area contributed by atoms with Gasteiger partial charge in [0, 0.05) is 25.3 Å². The van der Waals surface area contributed by atoms with Gasteiger partial charge in [-0.15, -0.1) is 24.0 Å². The Kier molecular flexibility index (Phi) is 11.1. The summed E-state index contributed by atoms with van der Waals surface area (Å²) in [5, 5.41) is 9.03. The highest BCUT2D eigenvalue weighted by molar-refractivity contribution is 14.0. The van der Waals surface area contributed by atoms with Crippen LogP contribution in [0.5, 0.6) is 0 Å². The van der Waals surface area contributed by atoms with Crippen molar-refractivity contribution in [1.29, 1.82) is 0 Å². The Morgan fingerprint density at radius 3 is 2.65 bits per heavy atom. The summed E-state index contributed by atoms with van der Waals surface area (Å²) in [6, 6.07) is 7.80. The highest BCUT2D eigenvalue weighted by Gasteiger charge is 2.28. The van der Waals surface area contributed by atoms with Crippen molar-refractivity contribution in [2.45, 2.75) is 59.1 Å². The molecular weight excluding hydrogens is 509 g/mol. The summed E-state index contributed by atoms with van der Waals surface area (Å²) in [5.74, 6) is 0.504. The average Bonchev–Trinajstić information content (AvgIpc) is 3.11. The van der Waals surface area contributed by atoms with Gasteiger partial charge in [0.2, 0.25) is 5.91 Å². The van der Waals surface area contributed by atoms with E-state index in [0.29, 0.717) is 19.0 Å². The van der Waals surface area contributed by atoms with Crippen molar-refractivity contribution in [2.75, 3.05) is 31.5 Å². The molecule has 31 heavy (non-hydrogen) atoms. The van der Waals surface area contributed by atoms with E-state index in [1.54, 1.807) is 0 Å². The third-order valence-corrected chi connectivity index (χ3v) is 4.53. The first kappa shape index (κ1) is 27.0. The Morgan fingerprint density at radius 2 is 2.00 bits per heavy atom. The first-order valence-electron chi connectivity index (χ1n) is 10.6. The van der Waals surface area contributed by atoms with E-state index in [4.69, 9.17) is 4.74 Å². The topological polar surface area (TPSA) is 95.1 Å². The van der Waals surface area contributed by atoms with Crippen LogP contribution in [-0.4, -0.2) is 60.7 Å². The number of amides is 2. The van der Waals surface area contributed by atoms with Gasteiger partial charge in [-0.1, -0.05) is 19.1 Å². The van der Waals surface area contributed by atoms with Crippen LogP contribution < -0.4 is 16.0 Å². The molecule has 1 aliphatic rings. The predicted molar refractivity (Wildman–Crippen MR) is 135 cm³/mol. The maximum Gasteiger partial charge on any atom is 0.407 e. The average molecular weight is 545 g/mol. The van der Waals surface area contributed by atoms with Crippen LogP contribution in [0.1, 0.15) is 46.6 Å². The molecule has 0 radical (unpaired) electrons. The standard InChI is InChI=1S/C22H35N5O3.HI/c1-6-16-9-8-10-17(13-16)25-19(28)14-24-20(23-7-2)27-12-11-18(15-27)26-21(29)30-22(3,4)5;/h8-10,13,18H,6-7,11-12,14-15H2,1-5H3,(H,23,24)(H,25,28)(H,26,29);1H. The van der Waals surface area contributed by atoms with Crippen molar-refractivity contribution < 1.29 is 14.3 Å². The van der Waals surface area contributed by atoms with Crippen molar-refractivity contribution in [3.63, 3.8) is 0 Å². The molecule has 0 saturated carbocycles. The van der Waals surface area contributed by atoms with Crippen LogP contribution in [0, 0.1) is 0 Å². The minimum absolute atomic E-state index is 0. The molecule has 1 heterocycles. The number of benzene rings is 1. The number of hydrogen-bond donors (Lipinski definition) is 3. The van der Waals surface area contributed by atoms with Crippen LogP contribution in [0.25, 0.3) is 0 Å². The second kappa shape index (κ2) is 12.7. The van der Waals surface area contributed by atoms with Crippen LogP contribution in [0.4, 0.5) is 10.5 Å². The second-order valence-electron chi connectivity index (χ2n) is 8.35. The molecule has 0 aliphatic carbocycles. The number of likely N-dealkylation sites (tertiary alicyclic amines) is 1. The molecule has 1 unspecified atom stereocenters. The van der Waals surface area contributed by atoms with Crippen LogP contribution in [0.2, 0.25) is 0 Å². The number of rotatable bonds is 6. The molecule has 3 N–H and O–H groups in total. The maximum atomic E-state index is 12.3. The van der Waals surface area contributed by atoms with E-state index in [0.717, 1.165) is 25.1 Å². The summed E-state index contributed by atoms with van der Waals surface area (Å²) in [7, 11) is 0. The van der Waals surface area contributed by atoms with Gasteiger partial charge >= 0.3 is 6.09 Å². The quantitative estimate of drug-likeness (QED) is 0.290. The van der Waals surface area contributed by atoms with Crippen LogP contribution in [0.15, 0.2) is 29.3 Å². The highest BCUT2D eigenvalue weighted by atomic mass is 127. The van der Waals surface area contributed by atoms with Crippen LogP contribution >= 0.6 is 24.0 Å². The molecule has 0 bridgehead atoms. The molecule has 1 atom stereocenters. The van der Waals surface area contributed by atoms with Gasteiger partial charge < -0.3 is 25.6 Å². The molecule has 2 amide bonds. The first-order valence-corrected chi connectivity index (χ1v) is 10.6. The van der Waals surface area contributed by atoms with E-state index in [2.05, 4.69) is 32.8 Å². The summed E-state index contributed by atoms with van der Waals surface area (Å²) in [6.45, 7) is 11.7. The zero-order chi connectivity index (χ0) is 22.1. The minimum atomic E-state index is -0.525. The normalized spacial score (nSPS) is 16.4. The lowest BCUT2D eigenvalue weighted by Crippen LogP contribution is -2.44. The van der Waals surface area contributed by atoms with Crippen molar-refractivity contribution in [1.82, 2.24) is 15.5 Å². The Morgan fingerprint density at radius 1 is 1.26 bits per heavy atom. The van der Waals surface area contributed by atoms with E-state index >= 15 is 0 Å². The molecule has 0 spiro atoms. The van der Waals surface area contributed by atoms with Gasteiger partial charge in [-0.05, 0) is 58.2 Å². The lowest BCUT2D eigenvalue weighted by molar-refractivity contribution is -0.114. The molecule has 2 rings (SSSR count). The van der Waals surface area contributed by atoms with Crippen molar-refractivity contribution in [3.8, 4) is 0 Å². The second-order valence-corrected chi connectivity index (χ2v) is 8.35. The fourth-order valence-corrected chi connectivity index (χ4v) is 3.19. The molecule has 174 valence electrons. The largest absolute Gasteiger partial charge is 0.444 e. The van der Waals surface area contributed by atoms with E-state index in [1.807, 2.05) is 52.0 Å². The molecular formula is C22H36IN5O3. The summed E-state index contributed by atoms with van der Waals surface area (Å²) in [6.07, 6.45) is 1.30. The van der Waals surface area contributed by atoms with Gasteiger partial charge in [0.1, 0.15) is 12.1 Å². The lowest BCUT2D eigenvalue weighted by Gasteiger charge is -2.23. The number of nitrogens with one attached hydrogen (secondary N) is 3. The maximum absolute atomic E-state index is 12.3. The van der Waals surface area contributed by atoms with E-state index in [9.17, 15) is 9.59 Å². The summed E-state index contributed by atoms with van der Waals surface area (Å²) >= 11 is 0. The molecule has 1 aromatic rings. The molecule has 1 aliphatic heterocycles. The number of ether oxygens (including phenoxy) is 1. The van der Waals surface area contributed by atoms with Gasteiger partial charge in [-0.25, -0.2) is 9.79 Å². The van der Waals surface area contributed by atoms with Gasteiger partial charge in [0.05, 0.1) is 6.04 Å². The molecule has 1 aromatic carbocycles. The van der Waals surface area contributed by atoms with Gasteiger partial charge in [-0.3, -0.25) is 4.79 Å². The van der Waals surface area contributed by atoms with Crippen LogP contribution in [-0.2, 0) is 16.0 Å². The zero-order valence-electron chi connectivity index (χ0n) is 19.2. The smallest absolute Gasteiger partial charge is 0.407 e. The Bertz CT molecular complexity index is 764. The number of hydrogen-bond acceptors (Lipinski definition) is 4. The van der Waals surface area contributed by atoms with E-state index in [-0.39, 0.29) is 42.5 Å². The van der Waals surface area contributed by atoms with E-state index < -0.39 is 11.7 Å². The lowest BCUT2D eigenvalue weighted by atomic mass is 10.1. The number of halogens is 1. The predicted octanol–water partition coefficient (Wildman–Crippen LogP) is 3.37. The molecule has 9 heteroatoms. The highest BCUT2D eigenvalue weighted by Crippen LogP contribution is 2.13. The van der Waals surface area contributed by atoms with Crippen molar-refractivity contribution in [3.05, 3.63) is 29.8 Å². The number of guanidine groups is 1. The summed E-state index contributed by atoms with van der Waals surface area (Å²) in [4.78, 5) is 30.9. The number of aryl methyl sites for hydroxylation is 1. The van der Waals surface area contributed by atoms with E-state index in [1.165, 1.54) is 5.56 Å². The molecule has 8 nitrogen and oxygen atoms in total. The summed E-state index contributed by atoms with van der Waals surface area (Å²) < 4.78 is 5.33. The van der Waals surface area contributed by atoms with Gasteiger partial charge in [0.25, 0.3) is 0 Å². The number of alkyl carbamates (subject to hydrolysis) is 1. The van der Waals surface area contributed by atoms with Crippen LogP contribution in [0.3, 0.4) is 0 Å². The fraction of sp³-hybridized carbons (Fsp3) is 0.591. The monoisotopic (exact) mass is 545 g/mol. The number of carbonyl (C=O) groups excluding carboxylic acids is 2.